The number of thiazole rings is 1. The van der Waals surface area contributed by atoms with Crippen LogP contribution in [0.25, 0.3) is 11.3 Å². The van der Waals surface area contributed by atoms with Gasteiger partial charge in [0.15, 0.2) is 0 Å². The Kier molecular flexibility index (Phi) is 3.51. The van der Waals surface area contributed by atoms with E-state index in [9.17, 15) is 0 Å². The molecule has 4 heteroatoms. The highest BCUT2D eigenvalue weighted by Gasteiger charge is 2.10. The fourth-order valence-corrected chi connectivity index (χ4v) is 3.20. The van der Waals surface area contributed by atoms with E-state index in [0.717, 1.165) is 22.0 Å². The number of rotatable bonds is 3. The van der Waals surface area contributed by atoms with Crippen LogP contribution < -0.4 is 4.74 Å². The first-order valence-electron chi connectivity index (χ1n) is 4.90. The molecule has 84 valence electrons. The highest BCUT2D eigenvalue weighted by Crippen LogP contribution is 2.35. The summed E-state index contributed by atoms with van der Waals surface area (Å²) in [5, 5.41) is 1.11. The molecular weight excluding hydrogens is 238 g/mol. The second-order valence-electron chi connectivity index (χ2n) is 3.30. The SMILES string of the molecule is COc1ccc(-c2nc(C)sc2SC)cc1. The molecule has 2 nitrogen and oxygen atoms in total. The molecule has 1 aromatic carbocycles. The first-order valence-corrected chi connectivity index (χ1v) is 6.94. The maximum absolute atomic E-state index is 5.14. The molecule has 0 aliphatic rings. The van der Waals surface area contributed by atoms with E-state index in [2.05, 4.69) is 11.2 Å². The Balaban J connectivity index is 2.41. The van der Waals surface area contributed by atoms with Gasteiger partial charge in [0.25, 0.3) is 0 Å². The van der Waals surface area contributed by atoms with Crippen molar-refractivity contribution >= 4 is 23.1 Å². The summed E-state index contributed by atoms with van der Waals surface area (Å²) >= 11 is 3.49. The van der Waals surface area contributed by atoms with E-state index >= 15 is 0 Å². The van der Waals surface area contributed by atoms with Crippen molar-refractivity contribution in [1.29, 1.82) is 0 Å². The van der Waals surface area contributed by atoms with Gasteiger partial charge < -0.3 is 4.74 Å². The highest BCUT2D eigenvalue weighted by atomic mass is 32.2. The van der Waals surface area contributed by atoms with E-state index in [0.29, 0.717) is 0 Å². The van der Waals surface area contributed by atoms with Crippen LogP contribution in [0.3, 0.4) is 0 Å². The third-order valence-electron chi connectivity index (χ3n) is 2.25. The van der Waals surface area contributed by atoms with Crippen LogP contribution in [0.15, 0.2) is 28.5 Å². The standard InChI is InChI=1S/C12H13NOS2/c1-8-13-11(12(15-3)16-8)9-4-6-10(14-2)7-5-9/h4-7H,1-3H3. The number of nitrogens with zero attached hydrogens (tertiary/aromatic N) is 1. The zero-order valence-electron chi connectivity index (χ0n) is 9.48. The van der Waals surface area contributed by atoms with Crippen LogP contribution in [0, 0.1) is 6.92 Å². The number of thioether (sulfide) groups is 1. The van der Waals surface area contributed by atoms with Crippen molar-refractivity contribution < 1.29 is 4.74 Å². The number of benzene rings is 1. The van der Waals surface area contributed by atoms with Gasteiger partial charge in [-0.15, -0.1) is 23.1 Å². The van der Waals surface area contributed by atoms with E-state index in [1.165, 1.54) is 4.21 Å². The smallest absolute Gasteiger partial charge is 0.118 e. The molecular formula is C12H13NOS2. The topological polar surface area (TPSA) is 22.1 Å². The Morgan fingerprint density at radius 3 is 2.50 bits per heavy atom. The summed E-state index contributed by atoms with van der Waals surface area (Å²) in [6, 6.07) is 8.03. The second kappa shape index (κ2) is 4.89. The minimum atomic E-state index is 0.876. The number of hydrogen-bond acceptors (Lipinski definition) is 4. The summed E-state index contributed by atoms with van der Waals surface area (Å²) < 4.78 is 6.41. The van der Waals surface area contributed by atoms with Gasteiger partial charge in [-0.1, -0.05) is 0 Å². The molecule has 0 bridgehead atoms. The zero-order chi connectivity index (χ0) is 11.5. The summed E-state index contributed by atoms with van der Waals surface area (Å²) in [7, 11) is 1.68. The van der Waals surface area contributed by atoms with Gasteiger partial charge in [0.05, 0.1) is 22.0 Å². The number of ether oxygens (including phenoxy) is 1. The predicted octanol–water partition coefficient (Wildman–Crippen LogP) is 3.85. The molecule has 0 N–H and O–H groups in total. The lowest BCUT2D eigenvalue weighted by molar-refractivity contribution is 0.415. The molecule has 0 saturated carbocycles. The Morgan fingerprint density at radius 2 is 1.94 bits per heavy atom. The molecule has 16 heavy (non-hydrogen) atoms. The second-order valence-corrected chi connectivity index (χ2v) is 5.58. The van der Waals surface area contributed by atoms with Crippen LogP contribution >= 0.6 is 23.1 Å². The molecule has 0 atom stereocenters. The van der Waals surface area contributed by atoms with Crippen molar-refractivity contribution in [2.24, 2.45) is 0 Å². The van der Waals surface area contributed by atoms with Crippen molar-refractivity contribution in [3.05, 3.63) is 29.3 Å². The minimum absolute atomic E-state index is 0.876. The lowest BCUT2D eigenvalue weighted by Gasteiger charge is -2.02. The third-order valence-corrected chi connectivity index (χ3v) is 4.33. The number of methoxy groups -OCH3 is 1. The average Bonchev–Trinajstić information content (AvgIpc) is 2.70. The molecule has 0 radical (unpaired) electrons. The van der Waals surface area contributed by atoms with E-state index in [1.54, 1.807) is 30.2 Å². The van der Waals surface area contributed by atoms with Crippen LogP contribution in [-0.2, 0) is 0 Å². The van der Waals surface area contributed by atoms with Crippen molar-refractivity contribution in [3.63, 3.8) is 0 Å². The van der Waals surface area contributed by atoms with Gasteiger partial charge in [-0.05, 0) is 37.4 Å². The van der Waals surface area contributed by atoms with Gasteiger partial charge in [-0.25, -0.2) is 4.98 Å². The van der Waals surface area contributed by atoms with E-state index in [4.69, 9.17) is 4.74 Å². The summed E-state index contributed by atoms with van der Waals surface area (Å²) in [6.07, 6.45) is 2.08. The summed E-state index contributed by atoms with van der Waals surface area (Å²) in [4.78, 5) is 4.56. The summed E-state index contributed by atoms with van der Waals surface area (Å²) in [6.45, 7) is 2.04. The zero-order valence-corrected chi connectivity index (χ0v) is 11.1. The van der Waals surface area contributed by atoms with Crippen LogP contribution in [-0.4, -0.2) is 18.3 Å². The minimum Gasteiger partial charge on any atom is -0.497 e. The number of hydrogen-bond donors (Lipinski definition) is 0. The van der Waals surface area contributed by atoms with Crippen LogP contribution in [0.1, 0.15) is 5.01 Å². The van der Waals surface area contributed by atoms with Crippen LogP contribution in [0.4, 0.5) is 0 Å². The van der Waals surface area contributed by atoms with E-state index < -0.39 is 0 Å². The summed E-state index contributed by atoms with van der Waals surface area (Å²) in [5.74, 6) is 0.876. The Hall–Kier alpha value is -1.00. The maximum atomic E-state index is 5.14. The molecule has 0 aliphatic carbocycles. The molecule has 0 amide bonds. The fourth-order valence-electron chi connectivity index (χ4n) is 1.48. The van der Waals surface area contributed by atoms with Crippen molar-refractivity contribution in [3.8, 4) is 17.0 Å². The van der Waals surface area contributed by atoms with Crippen molar-refractivity contribution in [2.75, 3.05) is 13.4 Å². The Bertz CT molecular complexity index is 476. The Morgan fingerprint density at radius 1 is 1.25 bits per heavy atom. The summed E-state index contributed by atoms with van der Waals surface area (Å²) in [5.41, 5.74) is 2.23. The van der Waals surface area contributed by atoms with Gasteiger partial charge in [-0.3, -0.25) is 0 Å². The molecule has 1 heterocycles. The molecule has 1 aromatic heterocycles. The quantitative estimate of drug-likeness (QED) is 0.774. The largest absolute Gasteiger partial charge is 0.497 e. The van der Waals surface area contributed by atoms with Gasteiger partial charge >= 0.3 is 0 Å². The van der Waals surface area contributed by atoms with Gasteiger partial charge in [0.1, 0.15) is 5.75 Å². The monoisotopic (exact) mass is 251 g/mol. The number of aryl methyl sites for hydroxylation is 1. The van der Waals surface area contributed by atoms with Gasteiger partial charge in [-0.2, -0.15) is 0 Å². The average molecular weight is 251 g/mol. The van der Waals surface area contributed by atoms with Crippen LogP contribution in [0.5, 0.6) is 5.75 Å². The Labute approximate surface area is 104 Å². The normalized spacial score (nSPS) is 10.4. The fraction of sp³-hybridized carbons (Fsp3) is 0.250. The lowest BCUT2D eigenvalue weighted by atomic mass is 10.2. The lowest BCUT2D eigenvalue weighted by Crippen LogP contribution is -1.83. The van der Waals surface area contributed by atoms with Crippen LogP contribution in [0.2, 0.25) is 0 Å². The van der Waals surface area contributed by atoms with E-state index in [1.807, 2.05) is 31.2 Å². The number of aromatic nitrogens is 1. The van der Waals surface area contributed by atoms with Crippen molar-refractivity contribution in [1.82, 2.24) is 4.98 Å². The first-order chi connectivity index (χ1) is 7.74. The van der Waals surface area contributed by atoms with Crippen molar-refractivity contribution in [2.45, 2.75) is 11.1 Å². The van der Waals surface area contributed by atoms with Gasteiger partial charge in [0.2, 0.25) is 0 Å². The molecule has 0 saturated heterocycles. The third kappa shape index (κ3) is 2.23. The maximum Gasteiger partial charge on any atom is 0.118 e. The van der Waals surface area contributed by atoms with E-state index in [-0.39, 0.29) is 0 Å². The molecule has 0 unspecified atom stereocenters. The molecule has 0 aliphatic heterocycles. The first kappa shape index (κ1) is 11.5. The van der Waals surface area contributed by atoms with Gasteiger partial charge in [0, 0.05) is 5.56 Å². The molecule has 2 rings (SSSR count). The molecule has 0 spiro atoms. The molecule has 0 fully saturated rings. The molecule has 2 aromatic rings. The predicted molar refractivity (Wildman–Crippen MR) is 70.6 cm³/mol. The highest BCUT2D eigenvalue weighted by molar-refractivity contribution is 8.00.